The van der Waals surface area contributed by atoms with Crippen LogP contribution in [0.25, 0.3) is 0 Å². The van der Waals surface area contributed by atoms with Crippen LogP contribution in [0.15, 0.2) is 41.3 Å². The number of carbonyl (C=O) groups excluding carboxylic acids is 1. The van der Waals surface area contributed by atoms with Crippen molar-refractivity contribution in [1.82, 2.24) is 9.88 Å². The minimum Gasteiger partial charge on any atom is -0.472 e. The smallest absolute Gasteiger partial charge is 0.272 e. The first kappa shape index (κ1) is 13.8. The minimum absolute atomic E-state index is 0.149. The Morgan fingerprint density at radius 2 is 2.30 bits per heavy atom. The van der Waals surface area contributed by atoms with Crippen LogP contribution < -0.4 is 5.73 Å². The Kier molecular flexibility index (Phi) is 4.53. The van der Waals surface area contributed by atoms with Crippen molar-refractivity contribution in [2.24, 2.45) is 5.73 Å². The molecule has 0 radical (unpaired) electrons. The van der Waals surface area contributed by atoms with E-state index in [0.717, 1.165) is 11.1 Å². The van der Waals surface area contributed by atoms with Gasteiger partial charge in [-0.15, -0.1) is 0 Å². The standard InChI is InChI=1S/C15H15N3O2/c1-18(10-13-6-8-20-11-13)15(19)14-5-4-12(9-17-14)3-2-7-16/h4-6,8-9,11H,7,10,16H2,1H3. The van der Waals surface area contributed by atoms with E-state index in [1.54, 1.807) is 42.8 Å². The van der Waals surface area contributed by atoms with Gasteiger partial charge in [0.25, 0.3) is 5.91 Å². The molecule has 0 saturated heterocycles. The summed E-state index contributed by atoms with van der Waals surface area (Å²) < 4.78 is 4.98. The molecule has 0 spiro atoms. The normalized spacial score (nSPS) is 9.70. The lowest BCUT2D eigenvalue weighted by Gasteiger charge is -2.15. The third-order valence-corrected chi connectivity index (χ3v) is 2.66. The Balaban J connectivity index is 2.05. The predicted octanol–water partition coefficient (Wildman–Crippen LogP) is 1.26. The van der Waals surface area contributed by atoms with E-state index in [1.807, 2.05) is 6.07 Å². The number of furan rings is 1. The second-order valence-corrected chi connectivity index (χ2v) is 4.23. The molecule has 0 aliphatic carbocycles. The average Bonchev–Trinajstić information content (AvgIpc) is 2.97. The average molecular weight is 269 g/mol. The maximum Gasteiger partial charge on any atom is 0.272 e. The molecule has 0 fully saturated rings. The van der Waals surface area contributed by atoms with E-state index in [2.05, 4.69) is 16.8 Å². The fourth-order valence-electron chi connectivity index (χ4n) is 1.67. The molecule has 5 nitrogen and oxygen atoms in total. The molecule has 1 amide bonds. The highest BCUT2D eigenvalue weighted by Crippen LogP contribution is 2.08. The molecule has 2 aromatic rings. The SMILES string of the molecule is CN(Cc1ccoc1)C(=O)c1ccc(C#CCN)cn1. The van der Waals surface area contributed by atoms with E-state index in [0.29, 0.717) is 18.8 Å². The number of hydrogen-bond acceptors (Lipinski definition) is 4. The van der Waals surface area contributed by atoms with Crippen LogP contribution in [0, 0.1) is 11.8 Å². The second-order valence-electron chi connectivity index (χ2n) is 4.23. The van der Waals surface area contributed by atoms with Gasteiger partial charge in [-0.2, -0.15) is 0 Å². The van der Waals surface area contributed by atoms with Crippen molar-refractivity contribution in [3.05, 3.63) is 53.7 Å². The highest BCUT2D eigenvalue weighted by molar-refractivity contribution is 5.92. The summed E-state index contributed by atoms with van der Waals surface area (Å²) >= 11 is 0. The summed E-state index contributed by atoms with van der Waals surface area (Å²) in [6.45, 7) is 0.778. The molecule has 20 heavy (non-hydrogen) atoms. The first-order valence-electron chi connectivity index (χ1n) is 6.12. The Hall–Kier alpha value is -2.58. The summed E-state index contributed by atoms with van der Waals surface area (Å²) in [6.07, 6.45) is 4.76. The first-order chi connectivity index (χ1) is 9.70. The summed E-state index contributed by atoms with van der Waals surface area (Å²) in [4.78, 5) is 17.9. The van der Waals surface area contributed by atoms with Gasteiger partial charge in [0, 0.05) is 30.9 Å². The van der Waals surface area contributed by atoms with E-state index in [-0.39, 0.29) is 5.91 Å². The number of amides is 1. The fourth-order valence-corrected chi connectivity index (χ4v) is 1.67. The largest absolute Gasteiger partial charge is 0.472 e. The topological polar surface area (TPSA) is 72.4 Å². The van der Waals surface area contributed by atoms with Gasteiger partial charge < -0.3 is 15.1 Å². The maximum atomic E-state index is 12.2. The van der Waals surface area contributed by atoms with Gasteiger partial charge in [-0.05, 0) is 18.2 Å². The van der Waals surface area contributed by atoms with E-state index in [9.17, 15) is 4.79 Å². The molecule has 102 valence electrons. The molecule has 2 N–H and O–H groups in total. The number of aromatic nitrogens is 1. The Bertz CT molecular complexity index is 621. The number of hydrogen-bond donors (Lipinski definition) is 1. The van der Waals surface area contributed by atoms with Crippen molar-refractivity contribution in [3.8, 4) is 11.8 Å². The molecule has 0 bridgehead atoms. The molecule has 0 aliphatic rings. The summed E-state index contributed by atoms with van der Waals surface area (Å²) in [7, 11) is 1.72. The van der Waals surface area contributed by atoms with Crippen LogP contribution in [0.5, 0.6) is 0 Å². The lowest BCUT2D eigenvalue weighted by atomic mass is 10.2. The molecule has 0 atom stereocenters. The molecule has 2 heterocycles. The number of rotatable bonds is 3. The second kappa shape index (κ2) is 6.55. The van der Waals surface area contributed by atoms with Crippen molar-refractivity contribution in [3.63, 3.8) is 0 Å². The molecule has 0 aromatic carbocycles. The summed E-state index contributed by atoms with van der Waals surface area (Å²) in [5.74, 6) is 5.45. The number of carbonyl (C=O) groups is 1. The molecule has 5 heteroatoms. The van der Waals surface area contributed by atoms with Gasteiger partial charge in [-0.3, -0.25) is 4.79 Å². The van der Waals surface area contributed by atoms with E-state index >= 15 is 0 Å². The van der Waals surface area contributed by atoms with Gasteiger partial charge in [0.15, 0.2) is 0 Å². The van der Waals surface area contributed by atoms with Crippen LogP contribution >= 0.6 is 0 Å². The molecule has 0 saturated carbocycles. The summed E-state index contributed by atoms with van der Waals surface area (Å²) in [5, 5.41) is 0. The molecule has 0 unspecified atom stereocenters. The van der Waals surface area contributed by atoms with E-state index in [4.69, 9.17) is 10.2 Å². The van der Waals surface area contributed by atoms with Crippen molar-refractivity contribution >= 4 is 5.91 Å². The van der Waals surface area contributed by atoms with Crippen LogP contribution in [-0.4, -0.2) is 29.4 Å². The zero-order chi connectivity index (χ0) is 14.4. The van der Waals surface area contributed by atoms with Crippen LogP contribution in [0.4, 0.5) is 0 Å². The Morgan fingerprint density at radius 1 is 1.45 bits per heavy atom. The quantitative estimate of drug-likeness (QED) is 0.851. The molecule has 2 aromatic heterocycles. The molecule has 0 aliphatic heterocycles. The van der Waals surface area contributed by atoms with Gasteiger partial charge in [-0.25, -0.2) is 4.98 Å². The zero-order valence-electron chi connectivity index (χ0n) is 11.2. The van der Waals surface area contributed by atoms with Gasteiger partial charge in [-0.1, -0.05) is 11.8 Å². The Morgan fingerprint density at radius 3 is 2.90 bits per heavy atom. The van der Waals surface area contributed by atoms with Crippen LogP contribution in [-0.2, 0) is 6.54 Å². The number of pyridine rings is 1. The van der Waals surface area contributed by atoms with Gasteiger partial charge >= 0.3 is 0 Å². The van der Waals surface area contributed by atoms with Gasteiger partial charge in [0.05, 0.1) is 19.1 Å². The van der Waals surface area contributed by atoms with Crippen LogP contribution in [0.2, 0.25) is 0 Å². The van der Waals surface area contributed by atoms with Crippen molar-refractivity contribution in [1.29, 1.82) is 0 Å². The van der Waals surface area contributed by atoms with Crippen LogP contribution in [0.3, 0.4) is 0 Å². The summed E-state index contributed by atoms with van der Waals surface area (Å²) in [5.41, 5.74) is 7.36. The zero-order valence-corrected chi connectivity index (χ0v) is 11.2. The van der Waals surface area contributed by atoms with E-state index < -0.39 is 0 Å². The molecular formula is C15H15N3O2. The third-order valence-electron chi connectivity index (χ3n) is 2.66. The van der Waals surface area contributed by atoms with Gasteiger partial charge in [0.2, 0.25) is 0 Å². The minimum atomic E-state index is -0.149. The van der Waals surface area contributed by atoms with E-state index in [1.165, 1.54) is 0 Å². The number of nitrogens with zero attached hydrogens (tertiary/aromatic N) is 2. The lowest BCUT2D eigenvalue weighted by Crippen LogP contribution is -2.26. The number of nitrogens with two attached hydrogens (primary N) is 1. The van der Waals surface area contributed by atoms with Crippen molar-refractivity contribution in [2.75, 3.05) is 13.6 Å². The molecular weight excluding hydrogens is 254 g/mol. The molecule has 2 rings (SSSR count). The summed E-state index contributed by atoms with van der Waals surface area (Å²) in [6, 6.07) is 5.24. The highest BCUT2D eigenvalue weighted by Gasteiger charge is 2.13. The lowest BCUT2D eigenvalue weighted by molar-refractivity contribution is 0.0779. The van der Waals surface area contributed by atoms with Crippen molar-refractivity contribution in [2.45, 2.75) is 6.54 Å². The predicted molar refractivity (Wildman–Crippen MR) is 74.7 cm³/mol. The first-order valence-corrected chi connectivity index (χ1v) is 6.12. The third kappa shape index (κ3) is 3.46. The van der Waals surface area contributed by atoms with Crippen LogP contribution in [0.1, 0.15) is 21.6 Å². The monoisotopic (exact) mass is 269 g/mol. The van der Waals surface area contributed by atoms with Crippen molar-refractivity contribution < 1.29 is 9.21 Å². The Labute approximate surface area is 117 Å². The fraction of sp³-hybridized carbons (Fsp3) is 0.200. The maximum absolute atomic E-state index is 12.2. The highest BCUT2D eigenvalue weighted by atomic mass is 16.3. The van der Waals surface area contributed by atoms with Gasteiger partial charge in [0.1, 0.15) is 5.69 Å².